The zero-order valence-electron chi connectivity index (χ0n) is 18.3. The van der Waals surface area contributed by atoms with Crippen LogP contribution in [0.15, 0.2) is 72.8 Å². The molecule has 162 valence electrons. The van der Waals surface area contributed by atoms with E-state index in [0.29, 0.717) is 18.1 Å². The van der Waals surface area contributed by atoms with Crippen LogP contribution in [0.1, 0.15) is 34.6 Å². The van der Waals surface area contributed by atoms with Gasteiger partial charge in [-0.1, -0.05) is 60.7 Å². The molecule has 2 atom stereocenters. The number of aliphatic hydroxyl groups is 1. The van der Waals surface area contributed by atoms with Crippen molar-refractivity contribution < 1.29 is 14.6 Å². The maximum atomic E-state index is 10.8. The van der Waals surface area contributed by atoms with E-state index in [1.807, 2.05) is 12.1 Å². The van der Waals surface area contributed by atoms with Gasteiger partial charge in [0.1, 0.15) is 0 Å². The van der Waals surface area contributed by atoms with Gasteiger partial charge in [0.2, 0.25) is 0 Å². The van der Waals surface area contributed by atoms with Crippen molar-refractivity contribution in [2.75, 3.05) is 20.8 Å². The molecule has 0 spiro atoms. The fraction of sp³-hybridized carbons (Fsp3) is 0.333. The summed E-state index contributed by atoms with van der Waals surface area (Å²) in [4.78, 5) is 0. The van der Waals surface area contributed by atoms with E-state index in [-0.39, 0.29) is 6.04 Å². The second-order valence-corrected chi connectivity index (χ2v) is 8.17. The molecule has 0 aliphatic heterocycles. The number of methoxy groups -OCH3 is 2. The number of rotatable bonds is 8. The number of fused-ring (bicyclic) bond motifs is 1. The molecule has 0 bridgehead atoms. The number of hydrogen-bond donors (Lipinski definition) is 2. The molecule has 0 saturated heterocycles. The van der Waals surface area contributed by atoms with E-state index in [2.05, 4.69) is 66.0 Å². The summed E-state index contributed by atoms with van der Waals surface area (Å²) in [7, 11) is 3.30. The van der Waals surface area contributed by atoms with Gasteiger partial charge in [0.25, 0.3) is 0 Å². The van der Waals surface area contributed by atoms with Gasteiger partial charge >= 0.3 is 0 Å². The third kappa shape index (κ3) is 4.92. The molecular formula is C27H31NO3. The highest BCUT2D eigenvalue weighted by atomic mass is 16.5. The normalized spacial score (nSPS) is 17.9. The number of ether oxygens (including phenoxy) is 2. The minimum Gasteiger partial charge on any atom is -0.493 e. The molecule has 1 aliphatic rings. The van der Waals surface area contributed by atoms with E-state index >= 15 is 0 Å². The fourth-order valence-electron chi connectivity index (χ4n) is 4.60. The Balaban J connectivity index is 1.45. The van der Waals surface area contributed by atoms with Crippen LogP contribution >= 0.6 is 0 Å². The second-order valence-electron chi connectivity index (χ2n) is 8.17. The van der Waals surface area contributed by atoms with Crippen molar-refractivity contribution in [3.05, 3.63) is 95.1 Å². The summed E-state index contributed by atoms with van der Waals surface area (Å²) in [6.07, 6.45) is 1.94. The van der Waals surface area contributed by atoms with E-state index < -0.39 is 6.10 Å². The number of aliphatic hydroxyl groups excluding tert-OH is 1. The van der Waals surface area contributed by atoms with E-state index in [1.165, 1.54) is 16.7 Å². The molecule has 0 saturated carbocycles. The molecule has 31 heavy (non-hydrogen) atoms. The molecular weight excluding hydrogens is 386 g/mol. The van der Waals surface area contributed by atoms with Gasteiger partial charge in [-0.05, 0) is 53.8 Å². The highest BCUT2D eigenvalue weighted by molar-refractivity contribution is 5.49. The van der Waals surface area contributed by atoms with Crippen LogP contribution in [0.4, 0.5) is 0 Å². The van der Waals surface area contributed by atoms with Gasteiger partial charge in [0.05, 0.1) is 20.3 Å². The maximum Gasteiger partial charge on any atom is 0.161 e. The zero-order chi connectivity index (χ0) is 21.6. The molecule has 0 amide bonds. The first-order chi connectivity index (χ1) is 15.2. The lowest BCUT2D eigenvalue weighted by Gasteiger charge is -2.31. The molecule has 0 fully saturated rings. The first-order valence-corrected chi connectivity index (χ1v) is 10.9. The Hall–Kier alpha value is -2.82. The fourth-order valence-corrected chi connectivity index (χ4v) is 4.60. The Kier molecular flexibility index (Phi) is 6.90. The standard InChI is InChI=1S/C27H31NO3/c1-30-26-17-21-15-24(25(29)16-22(21)18-27(26)31-2)28-14-13-23(19-9-5-3-6-10-19)20-11-7-4-8-12-20/h3-12,17-18,23-25,28-29H,13-16H2,1-2H3/t24-,25+/m0/s1. The van der Waals surface area contributed by atoms with Crippen molar-refractivity contribution >= 4 is 0 Å². The predicted octanol–water partition coefficient (Wildman–Crippen LogP) is 4.34. The maximum absolute atomic E-state index is 10.8. The van der Waals surface area contributed by atoms with Crippen LogP contribution in [0.25, 0.3) is 0 Å². The molecule has 0 unspecified atom stereocenters. The van der Waals surface area contributed by atoms with E-state index in [1.54, 1.807) is 14.2 Å². The summed E-state index contributed by atoms with van der Waals surface area (Å²) < 4.78 is 10.9. The van der Waals surface area contributed by atoms with Crippen molar-refractivity contribution in [1.82, 2.24) is 5.32 Å². The molecule has 0 radical (unpaired) electrons. The third-order valence-electron chi connectivity index (χ3n) is 6.28. The van der Waals surface area contributed by atoms with Crippen LogP contribution in [0.2, 0.25) is 0 Å². The van der Waals surface area contributed by atoms with Crippen molar-refractivity contribution in [2.24, 2.45) is 0 Å². The molecule has 3 aromatic carbocycles. The molecule has 4 nitrogen and oxygen atoms in total. The van der Waals surface area contributed by atoms with Crippen LogP contribution in [0, 0.1) is 0 Å². The van der Waals surface area contributed by atoms with Crippen molar-refractivity contribution in [1.29, 1.82) is 0 Å². The minimum absolute atomic E-state index is 0.0257. The first-order valence-electron chi connectivity index (χ1n) is 10.9. The van der Waals surface area contributed by atoms with Crippen LogP contribution < -0.4 is 14.8 Å². The minimum atomic E-state index is -0.419. The lowest BCUT2D eigenvalue weighted by molar-refractivity contribution is 0.119. The zero-order valence-corrected chi connectivity index (χ0v) is 18.3. The highest BCUT2D eigenvalue weighted by Crippen LogP contribution is 2.34. The largest absolute Gasteiger partial charge is 0.493 e. The van der Waals surface area contributed by atoms with Crippen LogP contribution in [0.5, 0.6) is 11.5 Å². The molecule has 2 N–H and O–H groups in total. The Labute approximate surface area is 184 Å². The molecule has 1 aliphatic carbocycles. The highest BCUT2D eigenvalue weighted by Gasteiger charge is 2.28. The van der Waals surface area contributed by atoms with Gasteiger partial charge < -0.3 is 19.9 Å². The van der Waals surface area contributed by atoms with Gasteiger partial charge in [-0.25, -0.2) is 0 Å². The van der Waals surface area contributed by atoms with Crippen LogP contribution in [0.3, 0.4) is 0 Å². The number of nitrogens with one attached hydrogen (secondary N) is 1. The molecule has 3 aromatic rings. The molecule has 0 aromatic heterocycles. The summed E-state index contributed by atoms with van der Waals surface area (Å²) in [5, 5.41) is 14.4. The monoisotopic (exact) mass is 417 g/mol. The van der Waals surface area contributed by atoms with Gasteiger partial charge in [0, 0.05) is 18.4 Å². The van der Waals surface area contributed by atoms with Crippen LogP contribution in [-0.2, 0) is 12.8 Å². The lowest BCUT2D eigenvalue weighted by atomic mass is 9.85. The topological polar surface area (TPSA) is 50.7 Å². The van der Waals surface area contributed by atoms with Gasteiger partial charge in [-0.15, -0.1) is 0 Å². The van der Waals surface area contributed by atoms with Gasteiger partial charge in [-0.3, -0.25) is 0 Å². The van der Waals surface area contributed by atoms with Crippen molar-refractivity contribution in [2.45, 2.75) is 37.3 Å². The smallest absolute Gasteiger partial charge is 0.161 e. The van der Waals surface area contributed by atoms with Crippen molar-refractivity contribution in [3.63, 3.8) is 0 Å². The van der Waals surface area contributed by atoms with Gasteiger partial charge in [-0.2, -0.15) is 0 Å². The summed E-state index contributed by atoms with van der Waals surface area (Å²) in [5.74, 6) is 1.78. The van der Waals surface area contributed by atoms with E-state index in [4.69, 9.17) is 9.47 Å². The number of hydrogen-bond acceptors (Lipinski definition) is 4. The Bertz CT molecular complexity index is 935. The first kappa shape index (κ1) is 21.4. The van der Waals surface area contributed by atoms with Crippen LogP contribution in [-0.4, -0.2) is 38.0 Å². The SMILES string of the molecule is COc1cc2c(cc1OC)C[C@H](NCCC(c1ccccc1)c1ccccc1)[C@H](O)C2. The summed E-state index contributed by atoms with van der Waals surface area (Å²) in [6, 6.07) is 25.4. The average molecular weight is 418 g/mol. The second kappa shape index (κ2) is 9.99. The number of benzene rings is 3. The average Bonchev–Trinajstić information content (AvgIpc) is 2.82. The summed E-state index contributed by atoms with van der Waals surface area (Å²) >= 11 is 0. The van der Waals surface area contributed by atoms with E-state index in [9.17, 15) is 5.11 Å². The van der Waals surface area contributed by atoms with Crippen molar-refractivity contribution in [3.8, 4) is 11.5 Å². The molecule has 4 rings (SSSR count). The van der Waals surface area contributed by atoms with Gasteiger partial charge in [0.15, 0.2) is 11.5 Å². The quantitative estimate of drug-likeness (QED) is 0.572. The predicted molar refractivity (Wildman–Crippen MR) is 124 cm³/mol. The summed E-state index contributed by atoms with van der Waals surface area (Å²) in [6.45, 7) is 0.832. The molecule has 4 heteroatoms. The summed E-state index contributed by atoms with van der Waals surface area (Å²) in [5.41, 5.74) is 4.99. The molecule has 0 heterocycles. The van der Waals surface area contributed by atoms with E-state index in [0.717, 1.165) is 30.7 Å². The Morgan fingerprint density at radius 1 is 0.839 bits per heavy atom. The third-order valence-corrected chi connectivity index (χ3v) is 6.28. The Morgan fingerprint density at radius 2 is 1.35 bits per heavy atom. The Morgan fingerprint density at radius 3 is 1.87 bits per heavy atom. The lowest BCUT2D eigenvalue weighted by Crippen LogP contribution is -2.46.